The minimum atomic E-state index is -0.483. The number of carbonyl (C=O) groups is 7. The Morgan fingerprint density at radius 3 is 1.35 bits per heavy atom. The van der Waals surface area contributed by atoms with E-state index in [0.29, 0.717) is 74.9 Å². The molecule has 0 bridgehead atoms. The van der Waals surface area contributed by atoms with Gasteiger partial charge in [-0.15, -0.1) is 12.4 Å². The molecule has 5 fully saturated rings. The van der Waals surface area contributed by atoms with Gasteiger partial charge in [-0.3, -0.25) is 24.0 Å². The molecule has 426 valence electrons. The zero-order valence-corrected chi connectivity index (χ0v) is 63.9. The molecule has 18 nitrogen and oxygen atoms in total. The standard InChI is InChI=1S/C12H21NO3.C10H17NO3.C9H20N2.C8H15NO.C7H13NO.2CH3I.CH5N.CH2O3.ClH.2K.Na.2H/c1-11(2,3)16-10(15)13-7-6-9(14)12(4,5)8-13;1-10(2,3)14-9(13)11-6-4-8(12)5-7-11;1-9(2)7-11(4)6-5-8(9)10-3;1-8(2)6-9(3)5-4-7(8)10;1-7(2)5-8-4-3-6(7)9;3*1-2;2-1-4-3;;;;;;/h6-8H2,1-5H3;4-7H2,1-3H3;8,10H,5-7H2,1-4H3;4-6H2,1-3H3;8H,3-5H2,1-2H3;2*1H3;2H2,1H3;1,3H;1H;;;;;/q;;;;;;;;;;3*+1;2*-1/p-1. The van der Waals surface area contributed by atoms with E-state index in [9.17, 15) is 28.8 Å². The zero-order chi connectivity index (χ0) is 55.9. The van der Waals surface area contributed by atoms with Crippen LogP contribution in [0, 0.1) is 21.7 Å². The largest absolute Gasteiger partial charge is 1.00 e. The summed E-state index contributed by atoms with van der Waals surface area (Å²) in [6.45, 7) is 35.1. The molecular formula is C50H101ClI2K2N7NaO11. The van der Waals surface area contributed by atoms with Gasteiger partial charge in [0, 0.05) is 113 Å². The van der Waals surface area contributed by atoms with E-state index in [2.05, 4.69) is 111 Å². The molecule has 5 aliphatic heterocycles. The van der Waals surface area contributed by atoms with Gasteiger partial charge in [0.2, 0.25) is 0 Å². The number of ether oxygens (including phenoxy) is 2. The summed E-state index contributed by atoms with van der Waals surface area (Å²) in [7, 11) is 7.83. The summed E-state index contributed by atoms with van der Waals surface area (Å²) in [4.78, 5) is 91.2. The number of carbonyl (C=O) groups excluding carboxylic acids is 7. The van der Waals surface area contributed by atoms with E-state index in [1.54, 1.807) is 9.80 Å². The van der Waals surface area contributed by atoms with Crippen molar-refractivity contribution in [3.05, 3.63) is 0 Å². The molecular weight excluding hydrogens is 1270 g/mol. The van der Waals surface area contributed by atoms with E-state index in [1.807, 2.05) is 92.9 Å². The van der Waals surface area contributed by atoms with Gasteiger partial charge in [0.15, 0.2) is 0 Å². The molecule has 24 heteroatoms. The zero-order valence-electron chi connectivity index (χ0n) is 52.5. The van der Waals surface area contributed by atoms with Gasteiger partial charge in [-0.05, 0) is 98.0 Å². The molecule has 1 atom stereocenters. The molecule has 2 amide bonds. The first-order valence-electron chi connectivity index (χ1n) is 24.0. The van der Waals surface area contributed by atoms with Gasteiger partial charge in [-0.1, -0.05) is 101 Å². The Kier molecular flexibility index (Phi) is 60.1. The van der Waals surface area contributed by atoms with Gasteiger partial charge in [0.1, 0.15) is 34.3 Å². The van der Waals surface area contributed by atoms with Crippen molar-refractivity contribution in [1.29, 1.82) is 0 Å². The van der Waals surface area contributed by atoms with E-state index in [4.69, 9.17) is 19.5 Å². The SMILES string of the molecule is CC(C)(C)OC(=O)N1CCC(=O)C(C)(C)C1.CC(C)(C)OC(=O)N1CCC(=O)CC1.CC1(C)CNCCC1=O.CI.CI.CN.CN1CCC(=O)C(C)(C)C1.CNC1CCN(C)CC1(C)C.Cl.O=CO[O-].[H-].[H-].[K+].[K+].[Na+]. The first kappa shape index (κ1) is 92.9. The molecule has 4 N–H and O–H groups in total. The van der Waals surface area contributed by atoms with Crippen molar-refractivity contribution in [2.75, 3.05) is 103 Å². The Morgan fingerprint density at radius 1 is 0.676 bits per heavy atom. The number of ketones is 4. The Morgan fingerprint density at radius 2 is 1.04 bits per heavy atom. The van der Waals surface area contributed by atoms with Crippen LogP contribution in [0.3, 0.4) is 0 Å². The van der Waals surface area contributed by atoms with Crippen LogP contribution >= 0.6 is 57.6 Å². The molecule has 5 saturated heterocycles. The third-order valence-corrected chi connectivity index (χ3v) is 11.4. The van der Waals surface area contributed by atoms with Crippen LogP contribution in [0.5, 0.6) is 0 Å². The average molecular weight is 1370 g/mol. The quantitative estimate of drug-likeness (QED) is 0.0679. The summed E-state index contributed by atoms with van der Waals surface area (Å²) < 4.78 is 10.5. The fourth-order valence-electron chi connectivity index (χ4n) is 7.64. The van der Waals surface area contributed by atoms with Crippen molar-refractivity contribution < 1.29 is 188 Å². The Labute approximate surface area is 592 Å². The van der Waals surface area contributed by atoms with Crippen molar-refractivity contribution in [2.24, 2.45) is 27.4 Å². The molecule has 0 saturated carbocycles. The first-order chi connectivity index (χ1) is 32.1. The number of nitrogens with two attached hydrogens (primary N) is 1. The van der Waals surface area contributed by atoms with Crippen molar-refractivity contribution in [3.8, 4) is 0 Å². The number of piperidine rings is 5. The third-order valence-electron chi connectivity index (χ3n) is 11.4. The number of rotatable bonds is 2. The number of nitrogens with one attached hydrogen (secondary N) is 2. The smallest absolute Gasteiger partial charge is 1.00 e. The average Bonchev–Trinajstić information content (AvgIpc) is 3.26. The van der Waals surface area contributed by atoms with Gasteiger partial charge >= 0.3 is 145 Å². The molecule has 5 rings (SSSR count). The summed E-state index contributed by atoms with van der Waals surface area (Å²) in [5.41, 5.74) is 3.32. The summed E-state index contributed by atoms with van der Waals surface area (Å²) in [5.74, 6) is 1.24. The maximum absolute atomic E-state index is 11.8. The molecule has 5 heterocycles. The minimum Gasteiger partial charge on any atom is -1.00 e. The molecule has 1 unspecified atom stereocenters. The number of alkyl halides is 2. The van der Waals surface area contributed by atoms with Crippen LogP contribution in [0.25, 0.3) is 0 Å². The van der Waals surface area contributed by atoms with E-state index in [-0.39, 0.29) is 189 Å². The fraction of sp³-hybridized carbons (Fsp3) is 0.860. The van der Waals surface area contributed by atoms with E-state index >= 15 is 0 Å². The number of halogens is 3. The molecule has 0 radical (unpaired) electrons. The molecule has 5 aliphatic rings. The van der Waals surface area contributed by atoms with Crippen LogP contribution in [-0.4, -0.2) is 182 Å². The van der Waals surface area contributed by atoms with Crippen molar-refractivity contribution in [3.63, 3.8) is 0 Å². The Balaban J connectivity index is -0.0000000850. The monoisotopic (exact) mass is 1370 g/mol. The van der Waals surface area contributed by atoms with Crippen molar-refractivity contribution >= 4 is 99.4 Å². The molecule has 0 aromatic heterocycles. The van der Waals surface area contributed by atoms with Crippen LogP contribution in [-0.2, 0) is 38.3 Å². The fourth-order valence-corrected chi connectivity index (χ4v) is 7.64. The van der Waals surface area contributed by atoms with Gasteiger partial charge in [-0.25, -0.2) is 9.59 Å². The number of hydrogen-bond donors (Lipinski definition) is 3. The van der Waals surface area contributed by atoms with Crippen LogP contribution in [0.1, 0.15) is 138 Å². The second-order valence-corrected chi connectivity index (χ2v) is 22.0. The molecule has 74 heavy (non-hydrogen) atoms. The van der Waals surface area contributed by atoms with Crippen LogP contribution in [0.4, 0.5) is 9.59 Å². The third kappa shape index (κ3) is 44.1. The summed E-state index contributed by atoms with van der Waals surface area (Å²) in [6, 6.07) is 0.693. The molecule has 0 aromatic carbocycles. The Bertz CT molecular complexity index is 1570. The van der Waals surface area contributed by atoms with Gasteiger partial charge in [0.05, 0.1) is 0 Å². The number of Topliss-reactive ketones (excluding diaryl/α,β-unsaturated/α-hetero) is 4. The topological polar surface area (TPSA) is 233 Å². The van der Waals surface area contributed by atoms with Gasteiger partial charge < -0.3 is 58.4 Å². The van der Waals surface area contributed by atoms with E-state index in [1.165, 1.54) is 26.6 Å². The summed E-state index contributed by atoms with van der Waals surface area (Å²) in [5, 5.41) is 15.0. The predicted molar refractivity (Wildman–Crippen MR) is 306 cm³/mol. The molecule has 0 aliphatic carbocycles. The predicted octanol–water partition coefficient (Wildman–Crippen LogP) is -1.99. The van der Waals surface area contributed by atoms with Crippen LogP contribution in [0.15, 0.2) is 0 Å². The maximum atomic E-state index is 11.8. The first-order valence-corrected chi connectivity index (χ1v) is 28.3. The van der Waals surface area contributed by atoms with E-state index in [0.717, 1.165) is 32.6 Å². The van der Waals surface area contributed by atoms with Gasteiger partial charge in [0.25, 0.3) is 6.47 Å². The van der Waals surface area contributed by atoms with Crippen molar-refractivity contribution in [2.45, 2.75) is 153 Å². The van der Waals surface area contributed by atoms with Crippen LogP contribution < -0.4 is 154 Å². The van der Waals surface area contributed by atoms with Crippen LogP contribution in [0.2, 0.25) is 0 Å². The Hall–Kier alpha value is 2.47. The number of nitrogens with zero attached hydrogens (tertiary/aromatic N) is 4. The normalized spacial score (nSPS) is 20.1. The molecule has 0 aromatic rings. The number of likely N-dealkylation sites (tertiary alicyclic amines) is 4. The summed E-state index contributed by atoms with van der Waals surface area (Å²) >= 11 is 4.30. The van der Waals surface area contributed by atoms with E-state index < -0.39 is 16.6 Å². The maximum Gasteiger partial charge on any atom is 1.00 e. The number of hydrogen-bond acceptors (Lipinski definition) is 16. The van der Waals surface area contributed by atoms with Gasteiger partial charge in [-0.2, -0.15) is 0 Å². The summed E-state index contributed by atoms with van der Waals surface area (Å²) in [6.07, 6.45) is 3.40. The minimum absolute atomic E-state index is 0. The molecule has 0 spiro atoms. The number of amides is 2. The second kappa shape index (κ2) is 47.9. The van der Waals surface area contributed by atoms with Crippen molar-refractivity contribution in [1.82, 2.24) is 30.2 Å². The second-order valence-electron chi connectivity index (χ2n) is 22.0.